The van der Waals surface area contributed by atoms with E-state index >= 15 is 0 Å². The number of ether oxygens (including phenoxy) is 2. The molecule has 7 heteroatoms. The average Bonchev–Trinajstić information content (AvgIpc) is 2.62. The number of rotatable bonds is 10. The summed E-state index contributed by atoms with van der Waals surface area (Å²) < 4.78 is 9.15. The molecule has 0 radical (unpaired) electrons. The third kappa shape index (κ3) is 26.5. The van der Waals surface area contributed by atoms with Crippen molar-refractivity contribution in [1.29, 1.82) is 0 Å². The highest BCUT2D eigenvalue weighted by molar-refractivity contribution is 5.86. The summed E-state index contributed by atoms with van der Waals surface area (Å²) in [7, 11) is 0. The Morgan fingerprint density at radius 3 is 2.04 bits per heavy atom. The fourth-order valence-electron chi connectivity index (χ4n) is 1.42. The second kappa shape index (κ2) is 22.6. The molecule has 0 saturated carbocycles. The van der Waals surface area contributed by atoms with Gasteiger partial charge in [0.1, 0.15) is 6.73 Å². The van der Waals surface area contributed by atoms with Crippen molar-refractivity contribution >= 4 is 17.8 Å². The monoisotopic (exact) mass is 371 g/mol. The molecule has 0 rings (SSSR count). The van der Waals surface area contributed by atoms with E-state index in [1.54, 1.807) is 0 Å². The average molecular weight is 371 g/mol. The van der Waals surface area contributed by atoms with Crippen molar-refractivity contribution in [2.45, 2.75) is 46.5 Å². The molecule has 0 aliphatic heterocycles. The minimum Gasteiger partial charge on any atom is -0.462 e. The van der Waals surface area contributed by atoms with Gasteiger partial charge in [-0.2, -0.15) is 0 Å². The number of nitrogens with one attached hydrogen (secondary N) is 1. The summed E-state index contributed by atoms with van der Waals surface area (Å²) in [5.41, 5.74) is 0. The molecule has 26 heavy (non-hydrogen) atoms. The Morgan fingerprint density at radius 1 is 1.15 bits per heavy atom. The van der Waals surface area contributed by atoms with Crippen molar-refractivity contribution in [2.75, 3.05) is 13.3 Å². The smallest absolute Gasteiger partial charge is 0.330 e. The van der Waals surface area contributed by atoms with Crippen LogP contribution in [0.1, 0.15) is 46.5 Å². The van der Waals surface area contributed by atoms with Crippen LogP contribution in [-0.2, 0) is 23.9 Å². The predicted octanol–water partition coefficient (Wildman–Crippen LogP) is 2.86. The molecule has 1 atom stereocenters. The molecule has 1 unspecified atom stereocenters. The van der Waals surface area contributed by atoms with E-state index < -0.39 is 0 Å². The van der Waals surface area contributed by atoms with Crippen molar-refractivity contribution in [3.05, 3.63) is 38.2 Å². The molecule has 2 N–H and O–H groups in total. The first-order chi connectivity index (χ1) is 12.3. The number of carbonyl (C=O) groups is 3. The SMILES string of the molecule is C=CC(=O)NCO.C=CC(=O)OCC(CC)CCCC.C=COC(C)=O. The number of carbonyl (C=O) groups excluding carboxylic acids is 3. The van der Waals surface area contributed by atoms with E-state index in [0.717, 1.165) is 25.2 Å². The van der Waals surface area contributed by atoms with Gasteiger partial charge in [-0.3, -0.25) is 9.59 Å². The maximum absolute atomic E-state index is 10.8. The van der Waals surface area contributed by atoms with Crippen LogP contribution in [0.5, 0.6) is 0 Å². The van der Waals surface area contributed by atoms with Gasteiger partial charge in [-0.25, -0.2) is 4.79 Å². The van der Waals surface area contributed by atoms with Gasteiger partial charge in [0.25, 0.3) is 0 Å². The highest BCUT2D eigenvalue weighted by Crippen LogP contribution is 2.12. The summed E-state index contributed by atoms with van der Waals surface area (Å²) >= 11 is 0. The minimum atomic E-state index is -0.359. The number of esters is 2. The van der Waals surface area contributed by atoms with E-state index in [9.17, 15) is 14.4 Å². The quantitative estimate of drug-likeness (QED) is 0.265. The molecule has 0 heterocycles. The molecule has 0 saturated heterocycles. The predicted molar refractivity (Wildman–Crippen MR) is 102 cm³/mol. The van der Waals surface area contributed by atoms with Gasteiger partial charge < -0.3 is 19.9 Å². The molecule has 0 fully saturated rings. The van der Waals surface area contributed by atoms with Crippen LogP contribution in [0, 0.1) is 5.92 Å². The standard InChI is InChI=1S/C11H20O2.C4H7NO2.C4H6O2/c1-4-7-8-10(5-2)9-13-11(12)6-3;1-2-4(7)5-3-6;1-3-6-4(2)5/h6,10H,3-5,7-9H2,1-2H3;2,6H,1,3H2,(H,5,7);3H,1H2,2H3. The van der Waals surface area contributed by atoms with Crippen molar-refractivity contribution in [2.24, 2.45) is 5.92 Å². The van der Waals surface area contributed by atoms with E-state index in [-0.39, 0.29) is 24.6 Å². The molecule has 0 aromatic heterocycles. The highest BCUT2D eigenvalue weighted by atomic mass is 16.5. The number of aliphatic hydroxyl groups excluding tert-OH is 1. The van der Waals surface area contributed by atoms with Crippen molar-refractivity contribution in [3.63, 3.8) is 0 Å². The summed E-state index contributed by atoms with van der Waals surface area (Å²) in [6.45, 7) is 15.5. The Hall–Kier alpha value is -2.41. The van der Waals surface area contributed by atoms with Crippen LogP contribution in [0.3, 0.4) is 0 Å². The number of hydrogen-bond acceptors (Lipinski definition) is 6. The lowest BCUT2D eigenvalue weighted by Crippen LogP contribution is -2.20. The van der Waals surface area contributed by atoms with Crippen molar-refractivity contribution < 1.29 is 29.0 Å². The van der Waals surface area contributed by atoms with E-state index in [1.807, 2.05) is 0 Å². The Labute approximate surface area is 156 Å². The first-order valence-electron chi connectivity index (χ1n) is 8.41. The van der Waals surface area contributed by atoms with Crippen LogP contribution >= 0.6 is 0 Å². The van der Waals surface area contributed by atoms with Gasteiger partial charge in [0, 0.05) is 13.0 Å². The molecule has 1 amide bonds. The number of aliphatic hydroxyl groups is 1. The van der Waals surface area contributed by atoms with Gasteiger partial charge in [0.15, 0.2) is 0 Å². The van der Waals surface area contributed by atoms with E-state index in [4.69, 9.17) is 9.84 Å². The Bertz CT molecular complexity index is 420. The first kappa shape index (κ1) is 28.4. The third-order valence-corrected chi connectivity index (χ3v) is 2.86. The van der Waals surface area contributed by atoms with E-state index in [2.05, 4.69) is 43.6 Å². The Balaban J connectivity index is -0.000000342. The molecular weight excluding hydrogens is 338 g/mol. The lowest BCUT2D eigenvalue weighted by Gasteiger charge is -2.13. The maximum atomic E-state index is 10.8. The van der Waals surface area contributed by atoms with Crippen LogP contribution in [0.15, 0.2) is 38.2 Å². The lowest BCUT2D eigenvalue weighted by atomic mass is 10.0. The summed E-state index contributed by atoms with van der Waals surface area (Å²) in [5, 5.41) is 10.1. The molecular formula is C19H33NO6. The zero-order valence-electron chi connectivity index (χ0n) is 16.2. The van der Waals surface area contributed by atoms with Gasteiger partial charge in [-0.15, -0.1) is 0 Å². The molecule has 0 aliphatic rings. The molecule has 0 aromatic carbocycles. The maximum Gasteiger partial charge on any atom is 0.330 e. The largest absolute Gasteiger partial charge is 0.462 e. The zero-order chi connectivity index (χ0) is 20.8. The molecule has 0 aliphatic carbocycles. The van der Waals surface area contributed by atoms with Gasteiger partial charge in [0.05, 0.1) is 12.9 Å². The minimum absolute atomic E-state index is 0.310. The fourth-order valence-corrected chi connectivity index (χ4v) is 1.42. The summed E-state index contributed by atoms with van der Waals surface area (Å²) in [4.78, 5) is 30.5. The topological polar surface area (TPSA) is 102 Å². The molecule has 0 aromatic rings. The lowest BCUT2D eigenvalue weighted by molar-refractivity contribution is -0.139. The van der Waals surface area contributed by atoms with Crippen LogP contribution in [0.25, 0.3) is 0 Å². The molecule has 150 valence electrons. The number of hydrogen-bond donors (Lipinski definition) is 2. The molecule has 7 nitrogen and oxygen atoms in total. The summed E-state index contributed by atoms with van der Waals surface area (Å²) in [5.74, 6) is -0.480. The molecule has 0 bridgehead atoms. The second-order valence-corrected chi connectivity index (χ2v) is 4.93. The first-order valence-corrected chi connectivity index (χ1v) is 8.41. The van der Waals surface area contributed by atoms with Gasteiger partial charge >= 0.3 is 11.9 Å². The number of amides is 1. The van der Waals surface area contributed by atoms with Crippen molar-refractivity contribution in [3.8, 4) is 0 Å². The second-order valence-electron chi connectivity index (χ2n) is 4.93. The number of unbranched alkanes of at least 4 members (excludes halogenated alkanes) is 1. The fraction of sp³-hybridized carbons (Fsp3) is 0.526. The van der Waals surface area contributed by atoms with Gasteiger partial charge in [-0.05, 0) is 18.4 Å². The van der Waals surface area contributed by atoms with Gasteiger partial charge in [0.2, 0.25) is 5.91 Å². The van der Waals surface area contributed by atoms with Crippen LogP contribution < -0.4 is 5.32 Å². The summed E-state index contributed by atoms with van der Waals surface area (Å²) in [6, 6.07) is 0. The highest BCUT2D eigenvalue weighted by Gasteiger charge is 2.07. The Morgan fingerprint density at radius 2 is 1.77 bits per heavy atom. The van der Waals surface area contributed by atoms with E-state index in [0.29, 0.717) is 12.5 Å². The van der Waals surface area contributed by atoms with Crippen LogP contribution in [0.2, 0.25) is 0 Å². The van der Waals surface area contributed by atoms with Gasteiger partial charge in [-0.1, -0.05) is 52.8 Å². The summed E-state index contributed by atoms with van der Waals surface area (Å²) in [6.07, 6.45) is 8.04. The van der Waals surface area contributed by atoms with Crippen molar-refractivity contribution in [1.82, 2.24) is 5.32 Å². The molecule has 0 spiro atoms. The zero-order valence-corrected chi connectivity index (χ0v) is 16.2. The third-order valence-electron chi connectivity index (χ3n) is 2.86. The Kier molecular flexibility index (Phi) is 24.7. The van der Waals surface area contributed by atoms with E-state index in [1.165, 1.54) is 25.8 Å². The van der Waals surface area contributed by atoms with Crippen LogP contribution in [0.4, 0.5) is 0 Å². The normalized spacial score (nSPS) is 9.69. The van der Waals surface area contributed by atoms with Crippen LogP contribution in [-0.4, -0.2) is 36.3 Å².